The van der Waals surface area contributed by atoms with Crippen molar-refractivity contribution >= 4 is 68.2 Å². The van der Waals surface area contributed by atoms with E-state index in [0.29, 0.717) is 0 Å². The minimum atomic E-state index is 0.947. The van der Waals surface area contributed by atoms with Gasteiger partial charge in [0.2, 0.25) is 0 Å². The van der Waals surface area contributed by atoms with Gasteiger partial charge in [0, 0.05) is 45.1 Å². The van der Waals surface area contributed by atoms with Crippen LogP contribution in [0, 0.1) is 0 Å². The van der Waals surface area contributed by atoms with Gasteiger partial charge in [-0.1, -0.05) is 237 Å². The lowest BCUT2D eigenvalue weighted by atomic mass is 9.97. The van der Waals surface area contributed by atoms with Crippen molar-refractivity contribution < 1.29 is 0 Å². The van der Waals surface area contributed by atoms with Crippen molar-refractivity contribution in [2.75, 3.05) is 19.6 Å². The predicted octanol–water partition coefficient (Wildman–Crippen LogP) is 20.6. The molecule has 76 heavy (non-hydrogen) atoms. The number of nitrogens with zero attached hydrogens (tertiary/aromatic N) is 4. The smallest absolute Gasteiger partial charge is 0.0968 e. The summed E-state index contributed by atoms with van der Waals surface area (Å²) in [6.07, 6.45) is 0. The zero-order chi connectivity index (χ0) is 50.9. The Hall–Kier alpha value is -10.2. The van der Waals surface area contributed by atoms with Crippen LogP contribution in [0.4, 0.5) is 68.2 Å². The molecule has 4 nitrogen and oxygen atoms in total. The first kappa shape index (κ1) is 46.9. The van der Waals surface area contributed by atoms with Gasteiger partial charge in [0.25, 0.3) is 0 Å². The van der Waals surface area contributed by atoms with Crippen LogP contribution in [0.5, 0.6) is 0 Å². The third-order valence-corrected chi connectivity index (χ3v) is 13.8. The van der Waals surface area contributed by atoms with Crippen LogP contribution in [-0.4, -0.2) is 0 Å². The molecule has 4 heteroatoms. The predicted molar refractivity (Wildman–Crippen MR) is 321 cm³/mol. The molecule has 12 rings (SSSR count). The highest BCUT2D eigenvalue weighted by Crippen LogP contribution is 2.60. The maximum absolute atomic E-state index is 2.51. The molecule has 0 aliphatic heterocycles. The number of anilines is 12. The zero-order valence-electron chi connectivity index (χ0n) is 42.0. The number of para-hydroxylation sites is 8. The molecule has 0 unspecified atom stereocenters. The Bertz CT molecular complexity index is 3760. The van der Waals surface area contributed by atoms with Gasteiger partial charge in [0.05, 0.1) is 39.8 Å². The lowest BCUT2D eigenvalue weighted by molar-refractivity contribution is 1.17. The first-order valence-corrected chi connectivity index (χ1v) is 25.9. The Morgan fingerprint density at radius 1 is 0.145 bits per heavy atom. The molecule has 0 bridgehead atoms. The first-order valence-electron chi connectivity index (χ1n) is 25.9. The van der Waals surface area contributed by atoms with Crippen LogP contribution in [0.3, 0.4) is 0 Å². The van der Waals surface area contributed by atoms with Crippen molar-refractivity contribution in [1.29, 1.82) is 0 Å². The van der Waals surface area contributed by atoms with E-state index in [4.69, 9.17) is 0 Å². The van der Waals surface area contributed by atoms with Crippen molar-refractivity contribution in [3.05, 3.63) is 328 Å². The Morgan fingerprint density at radius 2 is 0.355 bits per heavy atom. The van der Waals surface area contributed by atoms with Crippen LogP contribution in [0.2, 0.25) is 0 Å². The molecule has 0 atom stereocenters. The topological polar surface area (TPSA) is 13.0 Å². The Balaban J connectivity index is 1.33. The third-order valence-electron chi connectivity index (χ3n) is 13.8. The Kier molecular flexibility index (Phi) is 13.5. The van der Waals surface area contributed by atoms with E-state index in [9.17, 15) is 0 Å². The molecule has 0 saturated carbocycles. The summed E-state index contributed by atoms with van der Waals surface area (Å²) in [5.74, 6) is 0. The summed E-state index contributed by atoms with van der Waals surface area (Å²) in [6.45, 7) is 0. The van der Waals surface area contributed by atoms with E-state index in [-0.39, 0.29) is 0 Å². The monoisotopic (exact) mass is 974 g/mol. The minimum absolute atomic E-state index is 0.947. The third kappa shape index (κ3) is 9.39. The van der Waals surface area contributed by atoms with Gasteiger partial charge in [-0.3, -0.25) is 0 Å². The van der Waals surface area contributed by atoms with Gasteiger partial charge in [-0.25, -0.2) is 0 Å². The molecule has 0 saturated heterocycles. The SMILES string of the molecule is c1ccc(-c2ccccc2N(c2ccccc2)c2ccc(N(c3ccccc3)c3ccccc3)c(N(c3ccccc3)c3ccccc3-c3ccccc3)c2N(c2ccccc2)c2ccccc2-c2ccccc2)cc1. The number of rotatable bonds is 15. The molecule has 0 radical (unpaired) electrons. The fraction of sp³-hybridized carbons (Fsp3) is 0. The van der Waals surface area contributed by atoms with Crippen molar-refractivity contribution in [2.24, 2.45) is 0 Å². The summed E-state index contributed by atoms with van der Waals surface area (Å²) in [5, 5.41) is 0. The molecular weight excluding hydrogens is 921 g/mol. The summed E-state index contributed by atoms with van der Waals surface area (Å²) in [4.78, 5) is 9.89. The van der Waals surface area contributed by atoms with E-state index in [1.807, 2.05) is 0 Å². The largest absolute Gasteiger partial charge is 0.308 e. The quantitative estimate of drug-likeness (QED) is 0.101. The minimum Gasteiger partial charge on any atom is -0.308 e. The highest BCUT2D eigenvalue weighted by molar-refractivity contribution is 6.10. The van der Waals surface area contributed by atoms with Crippen LogP contribution >= 0.6 is 0 Å². The van der Waals surface area contributed by atoms with Crippen LogP contribution in [0.1, 0.15) is 0 Å². The zero-order valence-corrected chi connectivity index (χ0v) is 42.0. The fourth-order valence-corrected chi connectivity index (χ4v) is 10.4. The normalized spacial score (nSPS) is 10.9. The van der Waals surface area contributed by atoms with E-state index in [0.717, 1.165) is 102 Å². The van der Waals surface area contributed by atoms with Gasteiger partial charge < -0.3 is 19.6 Å². The molecule has 0 N–H and O–H groups in total. The van der Waals surface area contributed by atoms with Gasteiger partial charge in [-0.05, 0) is 108 Å². The van der Waals surface area contributed by atoms with E-state index >= 15 is 0 Å². The molecule has 0 fully saturated rings. The molecular formula is C72H54N4. The molecule has 0 aromatic heterocycles. The molecule has 12 aromatic carbocycles. The van der Waals surface area contributed by atoms with Gasteiger partial charge in [-0.15, -0.1) is 0 Å². The van der Waals surface area contributed by atoms with Crippen molar-refractivity contribution in [2.45, 2.75) is 0 Å². The number of hydrogen-bond acceptors (Lipinski definition) is 4. The van der Waals surface area contributed by atoms with E-state index in [2.05, 4.69) is 347 Å². The first-order chi connectivity index (χ1) is 37.8. The number of hydrogen-bond donors (Lipinski definition) is 0. The van der Waals surface area contributed by atoms with Gasteiger partial charge in [-0.2, -0.15) is 0 Å². The summed E-state index contributed by atoms with van der Waals surface area (Å²) in [5.41, 5.74) is 18.5. The molecule has 0 heterocycles. The van der Waals surface area contributed by atoms with E-state index in [1.54, 1.807) is 0 Å². The summed E-state index contributed by atoms with van der Waals surface area (Å²) >= 11 is 0. The van der Waals surface area contributed by atoms with Gasteiger partial charge in [0.15, 0.2) is 0 Å². The summed E-state index contributed by atoms with van der Waals surface area (Å²) in [6, 6.07) is 118. The molecule has 362 valence electrons. The van der Waals surface area contributed by atoms with Crippen LogP contribution in [-0.2, 0) is 0 Å². The average molecular weight is 975 g/mol. The Labute approximate surface area is 446 Å². The van der Waals surface area contributed by atoms with Crippen molar-refractivity contribution in [3.8, 4) is 33.4 Å². The maximum atomic E-state index is 2.51. The van der Waals surface area contributed by atoms with Crippen LogP contribution in [0.15, 0.2) is 328 Å². The van der Waals surface area contributed by atoms with E-state index in [1.165, 1.54) is 0 Å². The highest BCUT2D eigenvalue weighted by Gasteiger charge is 2.35. The van der Waals surface area contributed by atoms with Gasteiger partial charge in [0.1, 0.15) is 0 Å². The Morgan fingerprint density at radius 3 is 0.658 bits per heavy atom. The summed E-state index contributed by atoms with van der Waals surface area (Å²) < 4.78 is 0. The van der Waals surface area contributed by atoms with E-state index < -0.39 is 0 Å². The fourth-order valence-electron chi connectivity index (χ4n) is 10.4. The molecule has 0 spiro atoms. The van der Waals surface area contributed by atoms with Crippen LogP contribution < -0.4 is 19.6 Å². The summed E-state index contributed by atoms with van der Waals surface area (Å²) in [7, 11) is 0. The molecule has 0 amide bonds. The second-order valence-corrected chi connectivity index (χ2v) is 18.5. The lowest BCUT2D eigenvalue weighted by Crippen LogP contribution is -2.24. The maximum Gasteiger partial charge on any atom is 0.0968 e. The van der Waals surface area contributed by atoms with Crippen molar-refractivity contribution in [3.63, 3.8) is 0 Å². The molecule has 12 aromatic rings. The van der Waals surface area contributed by atoms with Gasteiger partial charge >= 0.3 is 0 Å². The second kappa shape index (κ2) is 21.9. The molecule has 0 aliphatic carbocycles. The standard InChI is InChI=1S/C72H54N4/c1-9-31-55(32-10-1)63-47-25-28-50-66(63)74(60-41-19-6-20-42-60)70-54-53-69(73(58-37-15-4-16-38-58)59-39-17-5-18-40-59)71(75(61-43-21-7-22-44-61)67-51-29-26-48-64(67)56-33-11-2-12-34-56)72(70)76(62-45-23-8-24-46-62)68-52-30-27-49-65(68)57-35-13-3-14-36-57/h1-54H. The van der Waals surface area contributed by atoms with Crippen LogP contribution in [0.25, 0.3) is 33.4 Å². The highest BCUT2D eigenvalue weighted by atomic mass is 15.3. The second-order valence-electron chi connectivity index (χ2n) is 18.5. The lowest BCUT2D eigenvalue weighted by Gasteiger charge is -2.41. The molecule has 0 aliphatic rings. The average Bonchev–Trinajstić information content (AvgIpc) is 3.56. The number of benzene rings is 12. The van der Waals surface area contributed by atoms with Crippen molar-refractivity contribution in [1.82, 2.24) is 0 Å².